The van der Waals surface area contributed by atoms with E-state index in [-0.39, 0.29) is 36.6 Å². The Bertz CT molecular complexity index is 1240. The van der Waals surface area contributed by atoms with Crippen molar-refractivity contribution in [2.45, 2.75) is 84.4 Å². The van der Waals surface area contributed by atoms with Crippen molar-refractivity contribution in [3.05, 3.63) is 23.5 Å². The quantitative estimate of drug-likeness (QED) is 0.288. The van der Waals surface area contributed by atoms with Gasteiger partial charge in [0.1, 0.15) is 5.60 Å². The SMILES string of the molecule is CCNC(=O)CC1(CC(=O)NCC)C=C(c2cnc3c(c(C)nn3CC)c2NC2CCC(C(=O)O)CC2)NO1. The summed E-state index contributed by atoms with van der Waals surface area (Å²) in [6, 6.07) is 0.0765. The van der Waals surface area contributed by atoms with Crippen molar-refractivity contribution in [2.24, 2.45) is 5.92 Å². The Hall–Kier alpha value is -3.67. The van der Waals surface area contributed by atoms with Gasteiger partial charge in [-0.05, 0) is 59.5 Å². The maximum atomic E-state index is 12.6. The van der Waals surface area contributed by atoms with Crippen LogP contribution in [0.4, 0.5) is 5.69 Å². The van der Waals surface area contributed by atoms with E-state index in [0.29, 0.717) is 38.2 Å². The smallest absolute Gasteiger partial charge is 0.306 e. The van der Waals surface area contributed by atoms with Crippen LogP contribution in [0.2, 0.25) is 0 Å². The molecule has 39 heavy (non-hydrogen) atoms. The van der Waals surface area contributed by atoms with Gasteiger partial charge in [-0.2, -0.15) is 5.10 Å². The number of carboxylic acids is 1. The van der Waals surface area contributed by atoms with Crippen molar-refractivity contribution >= 4 is 40.2 Å². The summed E-state index contributed by atoms with van der Waals surface area (Å²) >= 11 is 0. The molecule has 212 valence electrons. The second-order valence-corrected chi connectivity index (χ2v) is 10.3. The molecule has 12 nitrogen and oxygen atoms in total. The minimum absolute atomic E-state index is 0.0289. The molecule has 0 atom stereocenters. The van der Waals surface area contributed by atoms with Crippen LogP contribution in [0.3, 0.4) is 0 Å². The molecule has 2 aromatic heterocycles. The van der Waals surface area contributed by atoms with Crippen molar-refractivity contribution in [1.29, 1.82) is 0 Å². The van der Waals surface area contributed by atoms with Crippen LogP contribution in [0.5, 0.6) is 0 Å². The zero-order valence-electron chi connectivity index (χ0n) is 23.1. The molecule has 1 aliphatic carbocycles. The van der Waals surface area contributed by atoms with Crippen molar-refractivity contribution in [3.8, 4) is 0 Å². The molecule has 1 fully saturated rings. The van der Waals surface area contributed by atoms with Crippen molar-refractivity contribution in [3.63, 3.8) is 0 Å². The molecule has 0 radical (unpaired) electrons. The molecule has 1 aliphatic heterocycles. The predicted octanol–water partition coefficient (Wildman–Crippen LogP) is 2.48. The number of hydrogen-bond acceptors (Lipinski definition) is 8. The Labute approximate surface area is 227 Å². The Morgan fingerprint density at radius 2 is 1.74 bits per heavy atom. The molecule has 4 rings (SSSR count). The van der Waals surface area contributed by atoms with Crippen LogP contribution in [-0.2, 0) is 25.8 Å². The number of pyridine rings is 1. The van der Waals surface area contributed by atoms with Crippen molar-refractivity contribution < 1.29 is 24.3 Å². The Morgan fingerprint density at radius 3 is 2.31 bits per heavy atom. The highest BCUT2D eigenvalue weighted by Gasteiger charge is 2.40. The van der Waals surface area contributed by atoms with E-state index in [2.05, 4.69) is 26.5 Å². The number of hydrogen-bond donors (Lipinski definition) is 5. The number of carbonyl (C=O) groups is 3. The van der Waals surface area contributed by atoms with Gasteiger partial charge in [-0.25, -0.2) is 9.67 Å². The molecule has 0 aromatic carbocycles. The van der Waals surface area contributed by atoms with Gasteiger partial charge in [0, 0.05) is 37.4 Å². The number of hydroxylamine groups is 1. The first-order valence-electron chi connectivity index (χ1n) is 13.8. The number of nitrogens with one attached hydrogen (secondary N) is 4. The second kappa shape index (κ2) is 12.0. The van der Waals surface area contributed by atoms with Gasteiger partial charge >= 0.3 is 5.97 Å². The number of anilines is 1. The standard InChI is InChI=1S/C27H39N7O5/c1-5-28-21(35)13-27(14-22(36)29-6-2)12-20(33-39-27)19-15-30-25-23(16(4)32-34(25)7-3)24(19)31-18-10-8-17(9-11-18)26(37)38/h12,15,17-18,33H,5-11,13-14H2,1-4H3,(H,28,35)(H,29,36)(H,30,31)(H,37,38). The van der Waals surface area contributed by atoms with E-state index < -0.39 is 11.6 Å². The minimum atomic E-state index is -1.18. The zero-order valence-corrected chi connectivity index (χ0v) is 23.1. The molecule has 3 heterocycles. The molecule has 5 N–H and O–H groups in total. The first-order chi connectivity index (χ1) is 18.7. The summed E-state index contributed by atoms with van der Waals surface area (Å²) in [6.07, 6.45) is 6.15. The Balaban J connectivity index is 1.74. The van der Waals surface area contributed by atoms with E-state index in [1.165, 1.54) is 0 Å². The highest BCUT2D eigenvalue weighted by Crippen LogP contribution is 2.39. The molecule has 0 unspecified atom stereocenters. The second-order valence-electron chi connectivity index (χ2n) is 10.3. The minimum Gasteiger partial charge on any atom is -0.481 e. The zero-order chi connectivity index (χ0) is 28.2. The summed E-state index contributed by atoms with van der Waals surface area (Å²) in [4.78, 5) is 47.4. The summed E-state index contributed by atoms with van der Waals surface area (Å²) in [7, 11) is 0. The van der Waals surface area contributed by atoms with E-state index in [1.54, 1.807) is 12.3 Å². The van der Waals surface area contributed by atoms with E-state index in [9.17, 15) is 19.5 Å². The summed E-state index contributed by atoms with van der Waals surface area (Å²) < 4.78 is 1.85. The number of aryl methyl sites for hydroxylation is 2. The summed E-state index contributed by atoms with van der Waals surface area (Å²) in [6.45, 7) is 9.22. The molecule has 2 aliphatic rings. The fraction of sp³-hybridized carbons (Fsp3) is 0.593. The van der Waals surface area contributed by atoms with Crippen LogP contribution in [0.25, 0.3) is 16.7 Å². The monoisotopic (exact) mass is 541 g/mol. The molecule has 0 bridgehead atoms. The lowest BCUT2D eigenvalue weighted by molar-refractivity contribution is -0.143. The van der Waals surface area contributed by atoms with Gasteiger partial charge in [-0.1, -0.05) is 0 Å². The third kappa shape index (κ3) is 6.16. The summed E-state index contributed by atoms with van der Waals surface area (Å²) in [5.41, 5.74) is 5.52. The first-order valence-corrected chi connectivity index (χ1v) is 13.8. The lowest BCUT2D eigenvalue weighted by Gasteiger charge is -2.29. The number of amides is 2. The number of fused-ring (bicyclic) bond motifs is 1. The van der Waals surface area contributed by atoms with Crippen molar-refractivity contribution in [1.82, 2.24) is 30.9 Å². The number of aliphatic carboxylic acids is 1. The van der Waals surface area contributed by atoms with Gasteiger partial charge < -0.3 is 21.1 Å². The number of carbonyl (C=O) groups excluding carboxylic acids is 2. The van der Waals surface area contributed by atoms with E-state index >= 15 is 0 Å². The largest absolute Gasteiger partial charge is 0.481 e. The molecular weight excluding hydrogens is 502 g/mol. The van der Waals surface area contributed by atoms with Crippen LogP contribution in [0.1, 0.15) is 70.6 Å². The lowest BCUT2D eigenvalue weighted by atomic mass is 9.86. The fourth-order valence-electron chi connectivity index (χ4n) is 5.49. The van der Waals surface area contributed by atoms with Gasteiger partial charge in [-0.15, -0.1) is 0 Å². The van der Waals surface area contributed by atoms with Gasteiger partial charge in [0.25, 0.3) is 0 Å². The third-order valence-corrected chi connectivity index (χ3v) is 7.39. The van der Waals surface area contributed by atoms with E-state index in [0.717, 1.165) is 40.8 Å². The Kier molecular flexibility index (Phi) is 8.73. The first kappa shape index (κ1) is 28.3. The van der Waals surface area contributed by atoms with E-state index in [4.69, 9.17) is 9.82 Å². The molecule has 0 saturated heterocycles. The fourth-order valence-corrected chi connectivity index (χ4v) is 5.49. The maximum absolute atomic E-state index is 12.6. The number of aromatic nitrogens is 3. The molecular formula is C27H39N7O5. The normalized spacial score (nSPS) is 20.3. The van der Waals surface area contributed by atoms with Gasteiger partial charge in [0.15, 0.2) is 5.65 Å². The van der Waals surface area contributed by atoms with Gasteiger partial charge in [-0.3, -0.25) is 24.7 Å². The lowest BCUT2D eigenvalue weighted by Crippen LogP contribution is -2.41. The summed E-state index contributed by atoms with van der Waals surface area (Å²) in [5.74, 6) is -1.50. The Morgan fingerprint density at radius 1 is 1.10 bits per heavy atom. The van der Waals surface area contributed by atoms with Gasteiger partial charge in [0.2, 0.25) is 11.8 Å². The maximum Gasteiger partial charge on any atom is 0.306 e. The summed E-state index contributed by atoms with van der Waals surface area (Å²) in [5, 5.41) is 24.2. The number of nitrogens with zero attached hydrogens (tertiary/aromatic N) is 3. The highest BCUT2D eigenvalue weighted by molar-refractivity contribution is 5.98. The molecule has 2 aromatic rings. The van der Waals surface area contributed by atoms with Crippen LogP contribution in [0, 0.1) is 12.8 Å². The van der Waals surface area contributed by atoms with Crippen LogP contribution >= 0.6 is 0 Å². The van der Waals surface area contributed by atoms with Crippen molar-refractivity contribution in [2.75, 3.05) is 18.4 Å². The number of rotatable bonds is 11. The van der Waals surface area contributed by atoms with Crippen LogP contribution < -0.4 is 21.4 Å². The van der Waals surface area contributed by atoms with E-state index in [1.807, 2.05) is 32.4 Å². The predicted molar refractivity (Wildman–Crippen MR) is 146 cm³/mol. The van der Waals surface area contributed by atoms with Crippen LogP contribution in [-0.4, -0.2) is 62.4 Å². The third-order valence-electron chi connectivity index (χ3n) is 7.39. The topological polar surface area (TPSA) is 159 Å². The molecule has 12 heteroatoms. The molecule has 1 saturated carbocycles. The number of carboxylic acid groups (broad SMARTS) is 1. The van der Waals surface area contributed by atoms with Crippen LogP contribution in [0.15, 0.2) is 12.3 Å². The molecule has 2 amide bonds. The highest BCUT2D eigenvalue weighted by atomic mass is 16.7. The average Bonchev–Trinajstić information content (AvgIpc) is 3.45. The average molecular weight is 542 g/mol. The molecule has 0 spiro atoms. The van der Waals surface area contributed by atoms with Gasteiger partial charge in [0.05, 0.1) is 41.2 Å².